The summed E-state index contributed by atoms with van der Waals surface area (Å²) in [6, 6.07) is 6.05. The van der Waals surface area contributed by atoms with Crippen LogP contribution in [0, 0.1) is 0 Å². The van der Waals surface area contributed by atoms with Gasteiger partial charge >= 0.3 is 0 Å². The minimum absolute atomic E-state index is 0.301. The minimum atomic E-state index is 0.301. The molecule has 1 fully saturated rings. The number of rotatable bonds is 10. The van der Waals surface area contributed by atoms with Gasteiger partial charge in [0.15, 0.2) is 11.5 Å². The molecule has 1 aromatic carbocycles. The molecule has 25 heavy (non-hydrogen) atoms. The minimum Gasteiger partial charge on any atom is -0.493 e. The summed E-state index contributed by atoms with van der Waals surface area (Å²) in [5, 5.41) is 3.43. The highest BCUT2D eigenvalue weighted by molar-refractivity contribution is 5.76. The number of ether oxygens (including phenoxy) is 2. The topological polar surface area (TPSA) is 50.8 Å². The maximum Gasteiger partial charge on any atom is 0.222 e. The molecule has 0 spiro atoms. The van der Waals surface area contributed by atoms with E-state index in [9.17, 15) is 4.79 Å². The Morgan fingerprint density at radius 2 is 2.08 bits per heavy atom. The number of nitrogens with zero attached hydrogens (tertiary/aromatic N) is 1. The van der Waals surface area contributed by atoms with E-state index in [0.717, 1.165) is 68.9 Å². The first-order chi connectivity index (χ1) is 12.2. The number of amides is 1. The van der Waals surface area contributed by atoms with Crippen molar-refractivity contribution in [1.29, 1.82) is 0 Å². The monoisotopic (exact) mass is 348 g/mol. The van der Waals surface area contributed by atoms with Crippen LogP contribution in [0.25, 0.3) is 0 Å². The second kappa shape index (κ2) is 11.0. The number of benzene rings is 1. The van der Waals surface area contributed by atoms with Gasteiger partial charge in [0.2, 0.25) is 5.91 Å². The highest BCUT2D eigenvalue weighted by atomic mass is 16.5. The first-order valence-electron chi connectivity index (χ1n) is 9.52. The van der Waals surface area contributed by atoms with Gasteiger partial charge in [-0.1, -0.05) is 25.8 Å². The second-order valence-corrected chi connectivity index (χ2v) is 6.56. The zero-order valence-electron chi connectivity index (χ0n) is 15.7. The van der Waals surface area contributed by atoms with Crippen LogP contribution in [0.1, 0.15) is 51.0 Å². The predicted molar refractivity (Wildman–Crippen MR) is 100 cm³/mol. The zero-order chi connectivity index (χ0) is 17.9. The standard InChI is InChI=1S/C20H32N2O3/c1-3-4-14-25-19-15-17(9-10-18(19)24-2)16-21-11-13-22-12-7-5-6-8-20(22)23/h9-10,15,21H,3-8,11-14,16H2,1-2H3. The van der Waals surface area contributed by atoms with Gasteiger partial charge in [0, 0.05) is 32.6 Å². The molecule has 140 valence electrons. The number of likely N-dealkylation sites (tertiary alicyclic amines) is 1. The van der Waals surface area contributed by atoms with Gasteiger partial charge in [-0.15, -0.1) is 0 Å². The number of methoxy groups -OCH3 is 1. The summed E-state index contributed by atoms with van der Waals surface area (Å²) < 4.78 is 11.2. The van der Waals surface area contributed by atoms with Crippen molar-refractivity contribution in [3.8, 4) is 11.5 Å². The first-order valence-corrected chi connectivity index (χ1v) is 9.52. The van der Waals surface area contributed by atoms with Crippen molar-refractivity contribution in [3.05, 3.63) is 23.8 Å². The predicted octanol–water partition coefficient (Wildman–Crippen LogP) is 3.37. The molecule has 0 saturated carbocycles. The summed E-state index contributed by atoms with van der Waals surface area (Å²) in [5.41, 5.74) is 1.16. The number of nitrogens with one attached hydrogen (secondary N) is 1. The lowest BCUT2D eigenvalue weighted by molar-refractivity contribution is -0.130. The van der Waals surface area contributed by atoms with E-state index in [1.54, 1.807) is 7.11 Å². The van der Waals surface area contributed by atoms with E-state index < -0.39 is 0 Å². The fourth-order valence-corrected chi connectivity index (χ4v) is 2.99. The van der Waals surface area contributed by atoms with Crippen LogP contribution in [0.4, 0.5) is 0 Å². The molecule has 5 nitrogen and oxygen atoms in total. The summed E-state index contributed by atoms with van der Waals surface area (Å²) in [6.45, 7) is 6.12. The average Bonchev–Trinajstić information content (AvgIpc) is 2.83. The van der Waals surface area contributed by atoms with Gasteiger partial charge in [0.05, 0.1) is 13.7 Å². The van der Waals surface area contributed by atoms with Gasteiger partial charge < -0.3 is 19.7 Å². The van der Waals surface area contributed by atoms with Gasteiger partial charge in [-0.05, 0) is 37.0 Å². The van der Waals surface area contributed by atoms with Gasteiger partial charge in [0.25, 0.3) is 0 Å². The number of unbranched alkanes of at least 4 members (excludes halogenated alkanes) is 1. The molecule has 2 rings (SSSR count). The van der Waals surface area contributed by atoms with Crippen molar-refractivity contribution >= 4 is 5.91 Å². The Bertz CT molecular complexity index is 534. The Labute approximate surface area is 151 Å². The largest absolute Gasteiger partial charge is 0.493 e. The second-order valence-electron chi connectivity index (χ2n) is 6.56. The van der Waals surface area contributed by atoms with Crippen molar-refractivity contribution < 1.29 is 14.3 Å². The molecule has 0 radical (unpaired) electrons. The van der Waals surface area contributed by atoms with Crippen molar-refractivity contribution in [2.75, 3.05) is 33.4 Å². The Morgan fingerprint density at radius 3 is 2.88 bits per heavy atom. The molecule has 1 N–H and O–H groups in total. The molecule has 0 bridgehead atoms. The normalized spacial score (nSPS) is 15.1. The summed E-state index contributed by atoms with van der Waals surface area (Å²) in [6.07, 6.45) is 6.19. The third kappa shape index (κ3) is 6.58. The molecule has 5 heteroatoms. The molecule has 1 aromatic rings. The molecule has 0 aromatic heterocycles. The average molecular weight is 348 g/mol. The van der Waals surface area contributed by atoms with E-state index in [0.29, 0.717) is 18.9 Å². The Balaban J connectivity index is 1.79. The fraction of sp³-hybridized carbons (Fsp3) is 0.650. The number of hydrogen-bond donors (Lipinski definition) is 1. The fourth-order valence-electron chi connectivity index (χ4n) is 2.99. The summed E-state index contributed by atoms with van der Waals surface area (Å²) >= 11 is 0. The van der Waals surface area contributed by atoms with E-state index in [1.807, 2.05) is 17.0 Å². The van der Waals surface area contributed by atoms with Crippen LogP contribution >= 0.6 is 0 Å². The lowest BCUT2D eigenvalue weighted by atomic mass is 10.2. The van der Waals surface area contributed by atoms with Crippen molar-refractivity contribution in [2.45, 2.75) is 52.0 Å². The highest BCUT2D eigenvalue weighted by Crippen LogP contribution is 2.28. The van der Waals surface area contributed by atoms with Crippen LogP contribution in [0.3, 0.4) is 0 Å². The molecule has 0 aliphatic carbocycles. The first kappa shape index (κ1) is 19.6. The number of hydrogen-bond acceptors (Lipinski definition) is 4. The van der Waals surface area contributed by atoms with Crippen LogP contribution in [-0.4, -0.2) is 44.2 Å². The Kier molecular flexibility index (Phi) is 8.60. The van der Waals surface area contributed by atoms with E-state index in [-0.39, 0.29) is 0 Å². The molecule has 1 heterocycles. The summed E-state index contributed by atoms with van der Waals surface area (Å²) in [5.74, 6) is 1.88. The van der Waals surface area contributed by atoms with Crippen LogP contribution in [0.2, 0.25) is 0 Å². The molecular formula is C20H32N2O3. The van der Waals surface area contributed by atoms with Gasteiger partial charge in [0.1, 0.15) is 0 Å². The zero-order valence-corrected chi connectivity index (χ0v) is 15.7. The number of carbonyl (C=O) groups is 1. The van der Waals surface area contributed by atoms with Gasteiger partial charge in [-0.3, -0.25) is 4.79 Å². The van der Waals surface area contributed by atoms with Crippen molar-refractivity contribution in [1.82, 2.24) is 10.2 Å². The highest BCUT2D eigenvalue weighted by Gasteiger charge is 2.15. The van der Waals surface area contributed by atoms with E-state index in [1.165, 1.54) is 6.42 Å². The van der Waals surface area contributed by atoms with E-state index in [4.69, 9.17) is 9.47 Å². The van der Waals surface area contributed by atoms with Gasteiger partial charge in [-0.2, -0.15) is 0 Å². The summed E-state index contributed by atoms with van der Waals surface area (Å²) in [4.78, 5) is 14.0. The molecule has 1 amide bonds. The molecule has 1 saturated heterocycles. The van der Waals surface area contributed by atoms with Crippen LogP contribution in [0.15, 0.2) is 18.2 Å². The molecule has 0 atom stereocenters. The molecule has 1 aliphatic rings. The van der Waals surface area contributed by atoms with Crippen LogP contribution in [0.5, 0.6) is 11.5 Å². The lowest BCUT2D eigenvalue weighted by Crippen LogP contribution is -2.36. The maximum absolute atomic E-state index is 12.0. The van der Waals surface area contributed by atoms with E-state index >= 15 is 0 Å². The SMILES string of the molecule is CCCCOc1cc(CNCCN2CCCCCC2=O)ccc1OC. The quantitative estimate of drug-likeness (QED) is 0.659. The third-order valence-corrected chi connectivity index (χ3v) is 4.54. The lowest BCUT2D eigenvalue weighted by Gasteiger charge is -2.20. The van der Waals surface area contributed by atoms with Crippen LogP contribution in [-0.2, 0) is 11.3 Å². The Morgan fingerprint density at radius 1 is 1.20 bits per heavy atom. The molecule has 1 aliphatic heterocycles. The van der Waals surface area contributed by atoms with Crippen molar-refractivity contribution in [3.63, 3.8) is 0 Å². The smallest absolute Gasteiger partial charge is 0.222 e. The van der Waals surface area contributed by atoms with Crippen molar-refractivity contribution in [2.24, 2.45) is 0 Å². The summed E-state index contributed by atoms with van der Waals surface area (Å²) in [7, 11) is 1.66. The van der Waals surface area contributed by atoms with Crippen LogP contribution < -0.4 is 14.8 Å². The van der Waals surface area contributed by atoms with Gasteiger partial charge in [-0.25, -0.2) is 0 Å². The molecular weight excluding hydrogens is 316 g/mol. The Hall–Kier alpha value is -1.75. The number of carbonyl (C=O) groups excluding carboxylic acids is 1. The maximum atomic E-state index is 12.0. The van der Waals surface area contributed by atoms with E-state index in [2.05, 4.69) is 18.3 Å². The molecule has 0 unspecified atom stereocenters. The third-order valence-electron chi connectivity index (χ3n) is 4.54.